The number of likely N-dealkylation sites (tertiary alicyclic amines) is 2. The Morgan fingerprint density at radius 3 is 2.19 bits per heavy atom. The van der Waals surface area contributed by atoms with Crippen molar-refractivity contribution < 1.29 is 18.0 Å². The molecule has 3 saturated heterocycles. The minimum atomic E-state index is -3.36. The van der Waals surface area contributed by atoms with Crippen LogP contribution in [0.2, 0.25) is 0 Å². The number of rotatable bonds is 2. The summed E-state index contributed by atoms with van der Waals surface area (Å²) in [6.45, 7) is 5.11. The highest BCUT2D eigenvalue weighted by molar-refractivity contribution is 7.88. The molecule has 0 aromatic heterocycles. The summed E-state index contributed by atoms with van der Waals surface area (Å²) in [5, 5.41) is 0. The van der Waals surface area contributed by atoms with Crippen LogP contribution < -0.4 is 0 Å². The first-order valence-electron chi connectivity index (χ1n) is 9.27. The van der Waals surface area contributed by atoms with Gasteiger partial charge in [-0.25, -0.2) is 17.5 Å². The number of nitrogens with zero attached hydrogens (tertiary/aromatic N) is 4. The van der Waals surface area contributed by atoms with Crippen LogP contribution in [0.5, 0.6) is 0 Å². The van der Waals surface area contributed by atoms with Crippen LogP contribution in [0.1, 0.15) is 26.2 Å². The minimum Gasteiger partial charge on any atom is -0.342 e. The maximum absolute atomic E-state index is 13.2. The topological polar surface area (TPSA) is 81.2 Å². The third-order valence-corrected chi connectivity index (χ3v) is 7.87. The second-order valence-corrected chi connectivity index (χ2v) is 10.2. The average molecular weight is 387 g/mol. The van der Waals surface area contributed by atoms with Crippen molar-refractivity contribution in [3.8, 4) is 0 Å². The van der Waals surface area contributed by atoms with Gasteiger partial charge in [0, 0.05) is 58.8 Å². The summed E-state index contributed by atoms with van der Waals surface area (Å²) in [6, 6.07) is -0.0280. The molecule has 26 heavy (non-hydrogen) atoms. The van der Waals surface area contributed by atoms with E-state index in [0.717, 1.165) is 0 Å². The SMILES string of the molecule is CCN1CCC2(CN(S(C)(=O)=O)CC23CCN(C(=O)N(C)C)CC3)C1=O. The molecule has 1 unspecified atom stereocenters. The molecule has 3 amide bonds. The predicted molar refractivity (Wildman–Crippen MR) is 98.0 cm³/mol. The summed E-state index contributed by atoms with van der Waals surface area (Å²) in [5.74, 6) is 0.0959. The molecule has 3 rings (SSSR count). The molecule has 8 nitrogen and oxygen atoms in total. The predicted octanol–water partition coefficient (Wildman–Crippen LogP) is 0.264. The van der Waals surface area contributed by atoms with Crippen molar-refractivity contribution in [3.63, 3.8) is 0 Å². The van der Waals surface area contributed by atoms with Crippen LogP contribution in [0.4, 0.5) is 4.79 Å². The molecule has 0 saturated carbocycles. The quantitative estimate of drug-likeness (QED) is 0.682. The van der Waals surface area contributed by atoms with Crippen molar-refractivity contribution >= 4 is 22.0 Å². The van der Waals surface area contributed by atoms with E-state index in [2.05, 4.69) is 0 Å². The zero-order chi connectivity index (χ0) is 19.3. The van der Waals surface area contributed by atoms with E-state index in [9.17, 15) is 18.0 Å². The zero-order valence-corrected chi connectivity index (χ0v) is 17.0. The molecule has 0 aromatic carbocycles. The highest BCUT2D eigenvalue weighted by Crippen LogP contribution is 2.58. The molecule has 148 valence electrons. The summed E-state index contributed by atoms with van der Waals surface area (Å²) in [7, 11) is 0.103. The van der Waals surface area contributed by atoms with E-state index in [-0.39, 0.29) is 23.9 Å². The number of hydrogen-bond acceptors (Lipinski definition) is 4. The van der Waals surface area contributed by atoms with Crippen molar-refractivity contribution in [3.05, 3.63) is 0 Å². The lowest BCUT2D eigenvalue weighted by atomic mass is 9.60. The van der Waals surface area contributed by atoms with Gasteiger partial charge in [0.15, 0.2) is 0 Å². The van der Waals surface area contributed by atoms with Gasteiger partial charge in [-0.3, -0.25) is 4.79 Å². The fourth-order valence-electron chi connectivity index (χ4n) is 5.07. The Morgan fingerprint density at radius 2 is 1.73 bits per heavy atom. The van der Waals surface area contributed by atoms with Gasteiger partial charge in [-0.1, -0.05) is 0 Å². The normalized spacial score (nSPS) is 29.2. The lowest BCUT2D eigenvalue weighted by Crippen LogP contribution is -2.54. The Bertz CT molecular complexity index is 700. The van der Waals surface area contributed by atoms with Gasteiger partial charge in [-0.2, -0.15) is 0 Å². The van der Waals surface area contributed by atoms with Crippen LogP contribution >= 0.6 is 0 Å². The monoisotopic (exact) mass is 386 g/mol. The van der Waals surface area contributed by atoms with Gasteiger partial charge in [0.2, 0.25) is 15.9 Å². The minimum absolute atomic E-state index is 0.0280. The Hall–Kier alpha value is -1.35. The van der Waals surface area contributed by atoms with E-state index in [1.54, 1.807) is 23.9 Å². The number of fused-ring (bicyclic) bond motifs is 1. The first-order valence-corrected chi connectivity index (χ1v) is 11.1. The van der Waals surface area contributed by atoms with Crippen molar-refractivity contribution in [1.82, 2.24) is 19.0 Å². The highest BCUT2D eigenvalue weighted by Gasteiger charge is 2.66. The summed E-state index contributed by atoms with van der Waals surface area (Å²) < 4.78 is 26.0. The standard InChI is InChI=1S/C17H30N4O4S/c1-5-19-11-8-17(14(19)22)13-21(26(4,24)25)12-16(17)6-9-20(10-7-16)15(23)18(2)3/h5-13H2,1-4H3. The van der Waals surface area contributed by atoms with E-state index >= 15 is 0 Å². The molecule has 0 bridgehead atoms. The number of sulfonamides is 1. The highest BCUT2D eigenvalue weighted by atomic mass is 32.2. The van der Waals surface area contributed by atoms with Crippen molar-refractivity contribution in [2.75, 3.05) is 59.6 Å². The van der Waals surface area contributed by atoms with E-state index in [1.165, 1.54) is 10.6 Å². The lowest BCUT2D eigenvalue weighted by Gasteiger charge is -2.47. The maximum atomic E-state index is 13.2. The molecular formula is C17H30N4O4S. The molecule has 3 heterocycles. The number of carbonyl (C=O) groups excluding carboxylic acids is 2. The van der Waals surface area contributed by atoms with E-state index in [1.807, 2.05) is 11.8 Å². The number of amides is 3. The molecule has 0 radical (unpaired) electrons. The molecule has 0 N–H and O–H groups in total. The van der Waals surface area contributed by atoms with Gasteiger partial charge in [0.25, 0.3) is 0 Å². The second-order valence-electron chi connectivity index (χ2n) is 8.19. The van der Waals surface area contributed by atoms with Crippen molar-refractivity contribution in [1.29, 1.82) is 0 Å². The maximum Gasteiger partial charge on any atom is 0.319 e. The van der Waals surface area contributed by atoms with Crippen LogP contribution in [0.25, 0.3) is 0 Å². The van der Waals surface area contributed by atoms with Gasteiger partial charge in [0.05, 0.1) is 11.7 Å². The van der Waals surface area contributed by atoms with Gasteiger partial charge >= 0.3 is 6.03 Å². The van der Waals surface area contributed by atoms with Crippen LogP contribution in [0.15, 0.2) is 0 Å². The first-order chi connectivity index (χ1) is 12.1. The summed E-state index contributed by atoms with van der Waals surface area (Å²) in [6.07, 6.45) is 3.26. The van der Waals surface area contributed by atoms with Crippen LogP contribution in [-0.4, -0.2) is 99.0 Å². The smallest absolute Gasteiger partial charge is 0.319 e. The van der Waals surface area contributed by atoms with Crippen LogP contribution in [0.3, 0.4) is 0 Å². The average Bonchev–Trinajstić information content (AvgIpc) is 3.07. The molecule has 3 aliphatic rings. The summed E-state index contributed by atoms with van der Waals surface area (Å²) in [4.78, 5) is 30.7. The Labute approximate surface area is 156 Å². The molecule has 1 atom stereocenters. The van der Waals surface area contributed by atoms with Gasteiger partial charge in [-0.05, 0) is 26.2 Å². The Balaban J connectivity index is 1.91. The van der Waals surface area contributed by atoms with Gasteiger partial charge < -0.3 is 14.7 Å². The number of urea groups is 1. The third-order valence-electron chi connectivity index (χ3n) is 6.67. The molecule has 3 aliphatic heterocycles. The van der Waals surface area contributed by atoms with E-state index in [0.29, 0.717) is 52.0 Å². The van der Waals surface area contributed by atoms with E-state index < -0.39 is 15.4 Å². The number of piperidine rings is 1. The molecule has 9 heteroatoms. The van der Waals surface area contributed by atoms with Gasteiger partial charge in [-0.15, -0.1) is 0 Å². The lowest BCUT2D eigenvalue weighted by molar-refractivity contribution is -0.141. The molecule has 0 aromatic rings. The fraction of sp³-hybridized carbons (Fsp3) is 0.882. The fourth-order valence-corrected chi connectivity index (χ4v) is 6.01. The van der Waals surface area contributed by atoms with Crippen LogP contribution in [-0.2, 0) is 14.8 Å². The molecule has 2 spiro atoms. The molecular weight excluding hydrogens is 356 g/mol. The van der Waals surface area contributed by atoms with E-state index in [4.69, 9.17) is 0 Å². The summed E-state index contributed by atoms with van der Waals surface area (Å²) >= 11 is 0. The Kier molecular flexibility index (Phi) is 4.75. The zero-order valence-electron chi connectivity index (χ0n) is 16.2. The molecule has 3 fully saturated rings. The van der Waals surface area contributed by atoms with Crippen molar-refractivity contribution in [2.45, 2.75) is 26.2 Å². The third kappa shape index (κ3) is 2.79. The van der Waals surface area contributed by atoms with Crippen LogP contribution in [0, 0.1) is 10.8 Å². The first kappa shape index (κ1) is 19.4. The molecule has 0 aliphatic carbocycles. The number of carbonyl (C=O) groups is 2. The number of hydrogen-bond donors (Lipinski definition) is 0. The second kappa shape index (κ2) is 6.37. The van der Waals surface area contributed by atoms with Crippen molar-refractivity contribution in [2.24, 2.45) is 10.8 Å². The van der Waals surface area contributed by atoms with Gasteiger partial charge in [0.1, 0.15) is 0 Å². The largest absolute Gasteiger partial charge is 0.342 e. The Morgan fingerprint density at radius 1 is 1.12 bits per heavy atom. The summed E-state index contributed by atoms with van der Waals surface area (Å²) in [5.41, 5.74) is -1.01.